The predicted molar refractivity (Wildman–Crippen MR) is 126 cm³/mol. The number of ether oxygens (including phenoxy) is 1. The van der Waals surface area contributed by atoms with Gasteiger partial charge in [0, 0.05) is 18.8 Å². The summed E-state index contributed by atoms with van der Waals surface area (Å²) in [6.07, 6.45) is 17.9. The minimum atomic E-state index is -1.17. The smallest absolute Gasteiger partial charge is 0.306 e. The lowest BCUT2D eigenvalue weighted by Crippen LogP contribution is -2.45. The van der Waals surface area contributed by atoms with Gasteiger partial charge in [0.15, 0.2) is 6.10 Å². The van der Waals surface area contributed by atoms with Gasteiger partial charge in [-0.3, -0.25) is 4.79 Å². The van der Waals surface area contributed by atoms with Crippen molar-refractivity contribution in [2.24, 2.45) is 5.92 Å². The molecule has 0 N–H and O–H groups in total. The fraction of sp³-hybridized carbons (Fsp3) is 0.923. The summed E-state index contributed by atoms with van der Waals surface area (Å²) >= 11 is 0. The molecule has 5 nitrogen and oxygen atoms in total. The number of quaternary nitrogens is 1. The summed E-state index contributed by atoms with van der Waals surface area (Å²) in [5.74, 6) is -1.19. The van der Waals surface area contributed by atoms with Gasteiger partial charge in [-0.15, -0.1) is 0 Å². The van der Waals surface area contributed by atoms with Crippen LogP contribution in [-0.2, 0) is 14.3 Å². The maximum atomic E-state index is 12.2. The number of aliphatic carboxylic acids is 1. The highest BCUT2D eigenvalue weighted by atomic mass is 16.5. The summed E-state index contributed by atoms with van der Waals surface area (Å²) < 4.78 is 5.99. The zero-order chi connectivity index (χ0) is 23.5. The molecular weight excluding hydrogens is 390 g/mol. The summed E-state index contributed by atoms with van der Waals surface area (Å²) in [6, 6.07) is 0. The van der Waals surface area contributed by atoms with E-state index in [1.807, 2.05) is 21.1 Å². The third-order valence-electron chi connectivity index (χ3n) is 5.76. The fourth-order valence-corrected chi connectivity index (χ4v) is 4.07. The van der Waals surface area contributed by atoms with Crippen molar-refractivity contribution in [1.82, 2.24) is 0 Å². The minimum Gasteiger partial charge on any atom is -0.550 e. The van der Waals surface area contributed by atoms with Crippen LogP contribution < -0.4 is 5.11 Å². The van der Waals surface area contributed by atoms with Crippen molar-refractivity contribution in [3.8, 4) is 0 Å². The molecule has 0 saturated carbocycles. The van der Waals surface area contributed by atoms with E-state index in [-0.39, 0.29) is 18.3 Å². The van der Waals surface area contributed by atoms with Crippen molar-refractivity contribution in [3.63, 3.8) is 0 Å². The van der Waals surface area contributed by atoms with Crippen LogP contribution in [0.2, 0.25) is 0 Å². The Kier molecular flexibility index (Phi) is 17.8. The molecule has 0 aliphatic rings. The zero-order valence-electron chi connectivity index (χ0n) is 21.3. The summed E-state index contributed by atoms with van der Waals surface area (Å²) in [5, 5.41) is 10.9. The third-order valence-corrected chi connectivity index (χ3v) is 5.76. The number of hydrogen-bond donors (Lipinski definition) is 0. The number of hydrogen-bond acceptors (Lipinski definition) is 4. The quantitative estimate of drug-likeness (QED) is 0.139. The molecular formula is C26H51NO4. The van der Waals surface area contributed by atoms with Crippen LogP contribution in [0.25, 0.3) is 0 Å². The van der Waals surface area contributed by atoms with Crippen molar-refractivity contribution in [3.05, 3.63) is 0 Å². The Labute approximate surface area is 192 Å². The van der Waals surface area contributed by atoms with Gasteiger partial charge in [-0.2, -0.15) is 0 Å². The van der Waals surface area contributed by atoms with Crippen LogP contribution in [0.3, 0.4) is 0 Å². The van der Waals surface area contributed by atoms with E-state index in [0.717, 1.165) is 12.8 Å². The zero-order valence-corrected chi connectivity index (χ0v) is 21.3. The molecule has 2 unspecified atom stereocenters. The van der Waals surface area contributed by atoms with E-state index >= 15 is 0 Å². The Morgan fingerprint density at radius 3 is 1.65 bits per heavy atom. The molecule has 0 aliphatic carbocycles. The number of carbonyl (C=O) groups excluding carboxylic acids is 2. The summed E-state index contributed by atoms with van der Waals surface area (Å²) in [6.45, 7) is 4.81. The topological polar surface area (TPSA) is 66.4 Å². The van der Waals surface area contributed by atoms with Gasteiger partial charge in [0.25, 0.3) is 0 Å². The van der Waals surface area contributed by atoms with Gasteiger partial charge in [-0.1, -0.05) is 104 Å². The van der Waals surface area contributed by atoms with E-state index in [4.69, 9.17) is 4.74 Å². The lowest BCUT2D eigenvalue weighted by Gasteiger charge is -2.29. The average molecular weight is 442 g/mol. The standard InChI is InChI=1S/C26H51NO4/c1-6-7-8-9-10-11-12-13-14-15-16-17-18-19-23(2)20-26(30)31-24(21-25(28)29)22-27(3,4)5/h23-24H,6-22H2,1-5H3. The fourth-order valence-electron chi connectivity index (χ4n) is 4.07. The first kappa shape index (κ1) is 29.9. The van der Waals surface area contributed by atoms with Crippen LogP contribution in [0.15, 0.2) is 0 Å². The first-order chi connectivity index (χ1) is 14.6. The van der Waals surface area contributed by atoms with Crippen molar-refractivity contribution in [2.45, 2.75) is 123 Å². The van der Waals surface area contributed by atoms with E-state index in [1.54, 1.807) is 0 Å². The van der Waals surface area contributed by atoms with Crippen molar-refractivity contribution in [1.29, 1.82) is 0 Å². The second-order valence-corrected chi connectivity index (χ2v) is 10.5. The molecule has 0 aromatic heterocycles. The molecule has 0 aromatic carbocycles. The Balaban J connectivity index is 3.74. The van der Waals surface area contributed by atoms with E-state index in [0.29, 0.717) is 17.4 Å². The summed E-state index contributed by atoms with van der Waals surface area (Å²) in [7, 11) is 5.86. The number of carbonyl (C=O) groups is 2. The number of rotatable bonds is 21. The SMILES string of the molecule is CCCCCCCCCCCCCCCC(C)CC(=O)OC(CC(=O)[O-])C[N+](C)(C)C. The maximum Gasteiger partial charge on any atom is 0.306 e. The van der Waals surface area contributed by atoms with Crippen molar-refractivity contribution >= 4 is 11.9 Å². The number of nitrogens with zero attached hydrogens (tertiary/aromatic N) is 1. The van der Waals surface area contributed by atoms with Gasteiger partial charge in [-0.25, -0.2) is 0 Å². The van der Waals surface area contributed by atoms with Crippen LogP contribution in [-0.4, -0.2) is 50.2 Å². The minimum absolute atomic E-state index is 0.242. The van der Waals surface area contributed by atoms with Gasteiger partial charge in [0.1, 0.15) is 6.54 Å². The molecule has 0 bridgehead atoms. The molecule has 0 radical (unpaired) electrons. The van der Waals surface area contributed by atoms with Gasteiger partial charge in [0.05, 0.1) is 21.1 Å². The average Bonchev–Trinajstić information content (AvgIpc) is 2.63. The molecule has 0 aromatic rings. The number of carboxylic acid groups (broad SMARTS) is 1. The highest BCUT2D eigenvalue weighted by Crippen LogP contribution is 2.17. The summed E-state index contributed by atoms with van der Waals surface area (Å²) in [5.41, 5.74) is 0. The van der Waals surface area contributed by atoms with E-state index in [9.17, 15) is 14.7 Å². The Bertz CT molecular complexity index is 459. The van der Waals surface area contributed by atoms with Gasteiger partial charge < -0.3 is 19.1 Å². The monoisotopic (exact) mass is 441 g/mol. The Hall–Kier alpha value is -1.10. The van der Waals surface area contributed by atoms with E-state index < -0.39 is 12.1 Å². The molecule has 184 valence electrons. The lowest BCUT2D eigenvalue weighted by atomic mass is 9.98. The van der Waals surface area contributed by atoms with Crippen molar-refractivity contribution < 1.29 is 23.9 Å². The Morgan fingerprint density at radius 2 is 1.23 bits per heavy atom. The second-order valence-electron chi connectivity index (χ2n) is 10.5. The Morgan fingerprint density at radius 1 is 0.774 bits per heavy atom. The van der Waals surface area contributed by atoms with Crippen molar-refractivity contribution in [2.75, 3.05) is 27.7 Å². The highest BCUT2D eigenvalue weighted by Gasteiger charge is 2.23. The number of carboxylic acids is 1. The molecule has 2 atom stereocenters. The van der Waals surface area contributed by atoms with E-state index in [2.05, 4.69) is 13.8 Å². The first-order valence-corrected chi connectivity index (χ1v) is 12.8. The maximum absolute atomic E-state index is 12.2. The number of unbranched alkanes of at least 4 members (excludes halogenated alkanes) is 12. The molecule has 0 aliphatic heterocycles. The summed E-state index contributed by atoms with van der Waals surface area (Å²) in [4.78, 5) is 23.2. The van der Waals surface area contributed by atoms with Crippen LogP contribution in [0, 0.1) is 5.92 Å². The molecule has 0 heterocycles. The van der Waals surface area contributed by atoms with Crippen LogP contribution in [0.1, 0.15) is 117 Å². The molecule has 0 amide bonds. The predicted octanol–water partition coefficient (Wildman–Crippen LogP) is 5.25. The molecule has 0 spiro atoms. The third kappa shape index (κ3) is 21.9. The molecule has 0 rings (SSSR count). The highest BCUT2D eigenvalue weighted by molar-refractivity contribution is 5.71. The number of esters is 1. The molecule has 5 heteroatoms. The molecule has 0 fully saturated rings. The van der Waals surface area contributed by atoms with Gasteiger partial charge >= 0.3 is 5.97 Å². The second kappa shape index (κ2) is 18.5. The van der Waals surface area contributed by atoms with Crippen LogP contribution in [0.5, 0.6) is 0 Å². The lowest BCUT2D eigenvalue weighted by molar-refractivity contribution is -0.873. The van der Waals surface area contributed by atoms with Crippen LogP contribution in [0.4, 0.5) is 0 Å². The molecule has 0 saturated heterocycles. The van der Waals surface area contributed by atoms with Gasteiger partial charge in [0.2, 0.25) is 0 Å². The van der Waals surface area contributed by atoms with Gasteiger partial charge in [-0.05, 0) is 5.92 Å². The normalized spacial score (nSPS) is 13.7. The number of likely N-dealkylation sites (N-methyl/N-ethyl adjacent to an activating group) is 1. The first-order valence-electron chi connectivity index (χ1n) is 12.8. The molecule has 31 heavy (non-hydrogen) atoms. The van der Waals surface area contributed by atoms with E-state index in [1.165, 1.54) is 77.0 Å². The van der Waals surface area contributed by atoms with Crippen LogP contribution >= 0.6 is 0 Å². The largest absolute Gasteiger partial charge is 0.550 e.